The van der Waals surface area contributed by atoms with E-state index in [0.717, 1.165) is 24.5 Å². The maximum Gasteiger partial charge on any atom is 0.148 e. The molecule has 0 spiro atoms. The fourth-order valence-corrected chi connectivity index (χ4v) is 2.02. The van der Waals surface area contributed by atoms with Gasteiger partial charge in [0.15, 0.2) is 0 Å². The average Bonchev–Trinajstić information content (AvgIpc) is 2.48. The van der Waals surface area contributed by atoms with E-state index in [-0.39, 0.29) is 0 Å². The summed E-state index contributed by atoms with van der Waals surface area (Å²) >= 11 is 0. The Balaban J connectivity index is 2.91. The van der Waals surface area contributed by atoms with Crippen LogP contribution in [-0.2, 0) is 9.47 Å². The largest absolute Gasteiger partial charge is 0.380 e. The van der Waals surface area contributed by atoms with Gasteiger partial charge in [0.2, 0.25) is 0 Å². The lowest BCUT2D eigenvalue weighted by Crippen LogP contribution is -2.33. The second-order valence-electron chi connectivity index (χ2n) is 4.59. The predicted octanol–water partition coefficient (Wildman–Crippen LogP) is 1.26. The lowest BCUT2D eigenvalue weighted by atomic mass is 10.2. The lowest BCUT2D eigenvalue weighted by Gasteiger charge is -2.26. The summed E-state index contributed by atoms with van der Waals surface area (Å²) in [6, 6.07) is 0. The number of hydrazine groups is 1. The fraction of sp³-hybridized carbons (Fsp3) is 0.714. The van der Waals surface area contributed by atoms with Crippen molar-refractivity contribution in [1.82, 2.24) is 9.97 Å². The molecule has 21 heavy (non-hydrogen) atoms. The third-order valence-corrected chi connectivity index (χ3v) is 3.09. The van der Waals surface area contributed by atoms with Crippen LogP contribution in [-0.4, -0.2) is 49.5 Å². The zero-order valence-corrected chi connectivity index (χ0v) is 13.5. The quantitative estimate of drug-likeness (QED) is 0.382. The summed E-state index contributed by atoms with van der Waals surface area (Å²) in [4.78, 5) is 11.0. The highest BCUT2D eigenvalue weighted by Gasteiger charge is 2.15. The maximum absolute atomic E-state index is 5.52. The number of nitrogens with zero attached hydrogens (tertiary/aromatic N) is 3. The van der Waals surface area contributed by atoms with Gasteiger partial charge in [0.05, 0.1) is 13.2 Å². The van der Waals surface area contributed by atoms with E-state index in [9.17, 15) is 0 Å². The Kier molecular flexibility index (Phi) is 7.96. The molecule has 0 bridgehead atoms. The number of nitrogen functional groups attached to an aromatic ring is 1. The monoisotopic (exact) mass is 297 g/mol. The van der Waals surface area contributed by atoms with Crippen molar-refractivity contribution in [2.75, 3.05) is 49.8 Å². The molecule has 120 valence electrons. The molecule has 0 atom stereocenters. The minimum Gasteiger partial charge on any atom is -0.380 e. The van der Waals surface area contributed by atoms with Gasteiger partial charge < -0.3 is 19.8 Å². The van der Waals surface area contributed by atoms with E-state index < -0.39 is 0 Å². The van der Waals surface area contributed by atoms with Gasteiger partial charge in [-0.15, -0.1) is 0 Å². The van der Waals surface area contributed by atoms with E-state index in [1.807, 2.05) is 27.7 Å². The number of aryl methyl sites for hydroxylation is 1. The molecule has 0 aliphatic carbocycles. The summed E-state index contributed by atoms with van der Waals surface area (Å²) in [7, 11) is 0. The molecule has 0 fully saturated rings. The van der Waals surface area contributed by atoms with Crippen LogP contribution in [0.5, 0.6) is 0 Å². The van der Waals surface area contributed by atoms with Crippen molar-refractivity contribution in [3.05, 3.63) is 11.4 Å². The van der Waals surface area contributed by atoms with Crippen LogP contribution in [0.3, 0.4) is 0 Å². The highest BCUT2D eigenvalue weighted by molar-refractivity contribution is 5.58. The minimum atomic E-state index is 0.648. The summed E-state index contributed by atoms with van der Waals surface area (Å²) in [5.41, 5.74) is 3.55. The first-order chi connectivity index (χ1) is 10.1. The van der Waals surface area contributed by atoms with Crippen LogP contribution in [0.1, 0.15) is 25.2 Å². The van der Waals surface area contributed by atoms with E-state index in [4.69, 9.17) is 15.3 Å². The Morgan fingerprint density at radius 3 is 2.10 bits per heavy atom. The number of hydrogen-bond donors (Lipinski definition) is 2. The second-order valence-corrected chi connectivity index (χ2v) is 4.59. The van der Waals surface area contributed by atoms with Crippen LogP contribution in [0.25, 0.3) is 0 Å². The average molecular weight is 297 g/mol. The zero-order chi connectivity index (χ0) is 15.7. The van der Waals surface area contributed by atoms with Gasteiger partial charge in [0.1, 0.15) is 17.5 Å². The van der Waals surface area contributed by atoms with Gasteiger partial charge in [-0.3, -0.25) is 0 Å². The van der Waals surface area contributed by atoms with Crippen LogP contribution < -0.4 is 16.2 Å². The van der Waals surface area contributed by atoms with Crippen molar-refractivity contribution in [3.8, 4) is 0 Å². The van der Waals surface area contributed by atoms with Crippen LogP contribution >= 0.6 is 0 Å². The van der Waals surface area contributed by atoms with Crippen LogP contribution in [0, 0.1) is 13.8 Å². The molecule has 7 heteroatoms. The second kappa shape index (κ2) is 9.49. The molecule has 1 aromatic rings. The van der Waals surface area contributed by atoms with E-state index in [1.54, 1.807) is 0 Å². The number of hydrogen-bond acceptors (Lipinski definition) is 7. The van der Waals surface area contributed by atoms with Crippen molar-refractivity contribution in [1.29, 1.82) is 0 Å². The number of ether oxygens (including phenoxy) is 2. The molecule has 0 amide bonds. The van der Waals surface area contributed by atoms with Crippen molar-refractivity contribution < 1.29 is 9.47 Å². The van der Waals surface area contributed by atoms with E-state index >= 15 is 0 Å². The Morgan fingerprint density at radius 2 is 1.62 bits per heavy atom. The van der Waals surface area contributed by atoms with Gasteiger partial charge in [0.25, 0.3) is 0 Å². The molecule has 0 aromatic carbocycles. The van der Waals surface area contributed by atoms with Gasteiger partial charge in [0, 0.05) is 31.9 Å². The van der Waals surface area contributed by atoms with Crippen molar-refractivity contribution >= 4 is 11.6 Å². The molecule has 1 aromatic heterocycles. The SMILES string of the molecule is CCOCCN(CCOCC)c1nc(C)nc(NN)c1C. The van der Waals surface area contributed by atoms with Crippen molar-refractivity contribution in [3.63, 3.8) is 0 Å². The number of anilines is 2. The highest BCUT2D eigenvalue weighted by Crippen LogP contribution is 2.22. The third kappa shape index (κ3) is 5.45. The highest BCUT2D eigenvalue weighted by atomic mass is 16.5. The van der Waals surface area contributed by atoms with Crippen LogP contribution in [0.4, 0.5) is 11.6 Å². The Bertz CT molecular complexity index is 418. The summed E-state index contributed by atoms with van der Waals surface area (Å²) in [5.74, 6) is 7.72. The zero-order valence-electron chi connectivity index (χ0n) is 13.5. The number of rotatable bonds is 10. The smallest absolute Gasteiger partial charge is 0.148 e. The number of aromatic nitrogens is 2. The predicted molar refractivity (Wildman–Crippen MR) is 84.5 cm³/mol. The standard InChI is InChI=1S/C14H27N5O2/c1-5-20-9-7-19(8-10-21-6-2)14-11(3)13(18-15)16-12(4)17-14/h5-10,15H2,1-4H3,(H,16,17,18). The van der Waals surface area contributed by atoms with Gasteiger partial charge in [-0.1, -0.05) is 0 Å². The van der Waals surface area contributed by atoms with Gasteiger partial charge in [-0.25, -0.2) is 15.8 Å². The molecule has 1 rings (SSSR count). The van der Waals surface area contributed by atoms with Gasteiger partial charge >= 0.3 is 0 Å². The van der Waals surface area contributed by atoms with E-state index in [0.29, 0.717) is 38.1 Å². The van der Waals surface area contributed by atoms with Crippen LogP contribution in [0.2, 0.25) is 0 Å². The first-order valence-electron chi connectivity index (χ1n) is 7.36. The topological polar surface area (TPSA) is 85.5 Å². The molecule has 0 radical (unpaired) electrons. The number of nitrogens with one attached hydrogen (secondary N) is 1. The molecule has 0 unspecified atom stereocenters. The summed E-state index contributed by atoms with van der Waals surface area (Å²) in [6.45, 7) is 12.0. The van der Waals surface area contributed by atoms with Gasteiger partial charge in [-0.05, 0) is 27.7 Å². The number of nitrogens with two attached hydrogens (primary N) is 1. The fourth-order valence-electron chi connectivity index (χ4n) is 2.02. The molecule has 0 saturated heterocycles. The van der Waals surface area contributed by atoms with Crippen molar-refractivity contribution in [2.24, 2.45) is 5.84 Å². The first kappa shape index (κ1) is 17.6. The minimum absolute atomic E-state index is 0.648. The molecule has 0 saturated carbocycles. The Hall–Kier alpha value is -1.44. The molecular formula is C14H27N5O2. The van der Waals surface area contributed by atoms with Gasteiger partial charge in [-0.2, -0.15) is 0 Å². The molecule has 0 aliphatic rings. The third-order valence-electron chi connectivity index (χ3n) is 3.09. The van der Waals surface area contributed by atoms with Crippen LogP contribution in [0.15, 0.2) is 0 Å². The normalized spacial score (nSPS) is 10.7. The lowest BCUT2D eigenvalue weighted by molar-refractivity contribution is 0.141. The molecule has 3 N–H and O–H groups in total. The summed E-state index contributed by atoms with van der Waals surface area (Å²) in [6.07, 6.45) is 0. The molecular weight excluding hydrogens is 270 g/mol. The van der Waals surface area contributed by atoms with E-state index in [2.05, 4.69) is 20.3 Å². The van der Waals surface area contributed by atoms with Crippen molar-refractivity contribution in [2.45, 2.75) is 27.7 Å². The Morgan fingerprint density at radius 1 is 1.05 bits per heavy atom. The molecule has 7 nitrogen and oxygen atoms in total. The van der Waals surface area contributed by atoms with E-state index in [1.165, 1.54) is 0 Å². The molecule has 0 aliphatic heterocycles. The summed E-state index contributed by atoms with van der Waals surface area (Å²) < 4.78 is 10.9. The maximum atomic E-state index is 5.52. The summed E-state index contributed by atoms with van der Waals surface area (Å²) in [5, 5.41) is 0. The Labute approximate surface area is 126 Å². The first-order valence-corrected chi connectivity index (χ1v) is 7.36. The molecule has 1 heterocycles.